The summed E-state index contributed by atoms with van der Waals surface area (Å²) in [5, 5.41) is 12.4. The number of pyridine rings is 1. The number of aromatic hydroxyl groups is 1. The summed E-state index contributed by atoms with van der Waals surface area (Å²) in [6.45, 7) is 0.506. The molecule has 2 aromatic carbocycles. The van der Waals surface area contributed by atoms with Gasteiger partial charge >= 0.3 is 0 Å². The lowest BCUT2D eigenvalue weighted by Crippen LogP contribution is -2.66. The lowest BCUT2D eigenvalue weighted by molar-refractivity contribution is -0.0196. The average molecular weight is 510 g/mol. The Labute approximate surface area is 208 Å². The van der Waals surface area contributed by atoms with Gasteiger partial charge in [-0.05, 0) is 11.6 Å². The van der Waals surface area contributed by atoms with Crippen LogP contribution in [0.5, 0.6) is 5.75 Å². The molecule has 1 aromatic heterocycles. The van der Waals surface area contributed by atoms with Crippen molar-refractivity contribution in [2.24, 2.45) is 0 Å². The minimum absolute atomic E-state index is 0.00430. The van der Waals surface area contributed by atoms with Crippen molar-refractivity contribution in [1.82, 2.24) is 9.58 Å². The number of para-hydroxylation sites is 1. The summed E-state index contributed by atoms with van der Waals surface area (Å²) in [7, 11) is 0. The normalized spacial score (nSPS) is 23.8. The molecule has 5 heterocycles. The van der Waals surface area contributed by atoms with Crippen LogP contribution in [-0.2, 0) is 11.3 Å². The molecule has 4 aliphatic heterocycles. The van der Waals surface area contributed by atoms with Crippen LogP contribution in [0.1, 0.15) is 45.0 Å². The number of nitrogens with zero attached hydrogens (tertiary/aromatic N) is 4. The molecule has 7 rings (SSSR count). The van der Waals surface area contributed by atoms with Gasteiger partial charge in [-0.1, -0.05) is 24.3 Å². The number of hydrogen-bond donors (Lipinski definition) is 1. The van der Waals surface area contributed by atoms with E-state index >= 15 is 8.78 Å². The standard InChI is InChI=1S/C26H21F3N4O4/c27-17-5-4-13-16(21(17)29)10-30-11-18(28)14-2-1-3-15(22(14)30)23(13)33-20-12-37-9-8-31(20)26(36)24-25(35)19(34)6-7-32(24)33/h1-7,18,20,23,35H,8-12H2. The molecular weight excluding hydrogens is 489 g/mol. The van der Waals surface area contributed by atoms with Crippen molar-refractivity contribution < 1.29 is 27.8 Å². The van der Waals surface area contributed by atoms with Crippen molar-refractivity contribution in [1.29, 1.82) is 0 Å². The Morgan fingerprint density at radius 3 is 2.68 bits per heavy atom. The Morgan fingerprint density at radius 1 is 1.03 bits per heavy atom. The predicted octanol–water partition coefficient (Wildman–Crippen LogP) is 2.72. The molecular formula is C26H21F3N4O4. The molecule has 0 aliphatic carbocycles. The number of rotatable bonds is 1. The van der Waals surface area contributed by atoms with Gasteiger partial charge in [0.1, 0.15) is 18.4 Å². The van der Waals surface area contributed by atoms with E-state index in [-0.39, 0.29) is 44.1 Å². The number of carbonyl (C=O) groups is 1. The van der Waals surface area contributed by atoms with Gasteiger partial charge in [-0.25, -0.2) is 13.2 Å². The number of hydrogen-bond acceptors (Lipinski definition) is 6. The summed E-state index contributed by atoms with van der Waals surface area (Å²) in [5.41, 5.74) is 1.23. The van der Waals surface area contributed by atoms with Gasteiger partial charge in [0.05, 0.1) is 19.8 Å². The molecule has 3 atom stereocenters. The Balaban J connectivity index is 1.56. The van der Waals surface area contributed by atoms with Crippen LogP contribution in [0.4, 0.5) is 18.9 Å². The van der Waals surface area contributed by atoms with Crippen LogP contribution in [-0.4, -0.2) is 53.1 Å². The van der Waals surface area contributed by atoms with Gasteiger partial charge in [0.2, 0.25) is 5.43 Å². The van der Waals surface area contributed by atoms with E-state index in [9.17, 15) is 19.1 Å². The van der Waals surface area contributed by atoms with Crippen molar-refractivity contribution in [3.05, 3.63) is 92.4 Å². The average Bonchev–Trinajstić information content (AvgIpc) is 3.15. The van der Waals surface area contributed by atoms with E-state index in [0.717, 1.165) is 12.1 Å². The lowest BCUT2D eigenvalue weighted by Gasteiger charge is -2.51. The van der Waals surface area contributed by atoms with E-state index < -0.39 is 47.1 Å². The van der Waals surface area contributed by atoms with Crippen LogP contribution in [0.15, 0.2) is 47.4 Å². The molecule has 4 aliphatic rings. The molecule has 1 amide bonds. The first kappa shape index (κ1) is 22.2. The smallest absolute Gasteiger partial charge is 0.278 e. The third-order valence-electron chi connectivity index (χ3n) is 7.74. The molecule has 1 saturated heterocycles. The summed E-state index contributed by atoms with van der Waals surface area (Å²) < 4.78 is 52.1. The first-order valence-electron chi connectivity index (χ1n) is 12.0. The highest BCUT2D eigenvalue weighted by molar-refractivity contribution is 5.96. The summed E-state index contributed by atoms with van der Waals surface area (Å²) in [4.78, 5) is 29.0. The van der Waals surface area contributed by atoms with Gasteiger partial charge in [-0.15, -0.1) is 0 Å². The highest BCUT2D eigenvalue weighted by Crippen LogP contribution is 2.49. The van der Waals surface area contributed by atoms with Crippen LogP contribution < -0.4 is 15.3 Å². The third kappa shape index (κ3) is 2.94. The molecule has 1 fully saturated rings. The molecule has 0 spiro atoms. The van der Waals surface area contributed by atoms with Crippen molar-refractivity contribution >= 4 is 11.6 Å². The van der Waals surface area contributed by atoms with Gasteiger partial charge in [0.25, 0.3) is 5.91 Å². The van der Waals surface area contributed by atoms with Gasteiger partial charge in [-0.2, -0.15) is 0 Å². The molecule has 8 nitrogen and oxygen atoms in total. The molecule has 3 aromatic rings. The largest absolute Gasteiger partial charge is 0.502 e. The maximum atomic E-state index is 15.4. The predicted molar refractivity (Wildman–Crippen MR) is 126 cm³/mol. The third-order valence-corrected chi connectivity index (χ3v) is 7.74. The molecule has 3 unspecified atom stereocenters. The highest BCUT2D eigenvalue weighted by Gasteiger charge is 2.48. The zero-order valence-electron chi connectivity index (χ0n) is 19.4. The molecule has 0 radical (unpaired) electrons. The first-order chi connectivity index (χ1) is 17.9. The molecule has 0 bridgehead atoms. The summed E-state index contributed by atoms with van der Waals surface area (Å²) in [6.07, 6.45) is -0.630. The number of fused-ring (bicyclic) bond motifs is 3. The van der Waals surface area contributed by atoms with E-state index in [1.165, 1.54) is 21.8 Å². The van der Waals surface area contributed by atoms with Crippen molar-refractivity contribution in [3.63, 3.8) is 0 Å². The number of amides is 1. The van der Waals surface area contributed by atoms with Crippen molar-refractivity contribution in [2.45, 2.75) is 24.9 Å². The van der Waals surface area contributed by atoms with E-state index in [1.807, 2.05) is 0 Å². The summed E-state index contributed by atoms with van der Waals surface area (Å²) in [5.74, 6) is -3.28. The summed E-state index contributed by atoms with van der Waals surface area (Å²) in [6, 6.07) is 8.06. The second kappa shape index (κ2) is 7.75. The second-order valence-corrected chi connectivity index (χ2v) is 9.62. The maximum absolute atomic E-state index is 15.4. The summed E-state index contributed by atoms with van der Waals surface area (Å²) >= 11 is 0. The molecule has 1 N–H and O–H groups in total. The van der Waals surface area contributed by atoms with Crippen LogP contribution in [0.2, 0.25) is 0 Å². The number of carbonyl (C=O) groups excluding carboxylic acids is 1. The zero-order valence-corrected chi connectivity index (χ0v) is 19.4. The monoisotopic (exact) mass is 510 g/mol. The van der Waals surface area contributed by atoms with Gasteiger partial charge in [0, 0.05) is 47.7 Å². The minimum Gasteiger partial charge on any atom is -0.502 e. The highest BCUT2D eigenvalue weighted by atomic mass is 19.2. The van der Waals surface area contributed by atoms with Crippen LogP contribution in [0, 0.1) is 11.6 Å². The fraction of sp³-hybridized carbons (Fsp3) is 0.308. The fourth-order valence-corrected chi connectivity index (χ4v) is 6.14. The molecule has 190 valence electrons. The molecule has 11 heteroatoms. The van der Waals surface area contributed by atoms with E-state index in [4.69, 9.17) is 4.74 Å². The minimum atomic E-state index is -1.31. The van der Waals surface area contributed by atoms with Gasteiger partial charge < -0.3 is 19.6 Å². The Bertz CT molecular complexity index is 1540. The van der Waals surface area contributed by atoms with E-state index in [2.05, 4.69) is 0 Å². The van der Waals surface area contributed by atoms with E-state index in [1.54, 1.807) is 28.1 Å². The number of morpholine rings is 1. The lowest BCUT2D eigenvalue weighted by atomic mass is 9.91. The quantitative estimate of drug-likeness (QED) is 0.543. The number of halogens is 3. The zero-order chi connectivity index (χ0) is 25.6. The van der Waals surface area contributed by atoms with Crippen molar-refractivity contribution in [2.75, 3.05) is 36.2 Å². The van der Waals surface area contributed by atoms with Crippen LogP contribution in [0.3, 0.4) is 0 Å². The Morgan fingerprint density at radius 2 is 1.84 bits per heavy atom. The van der Waals surface area contributed by atoms with Gasteiger partial charge in [-0.3, -0.25) is 19.3 Å². The fourth-order valence-electron chi connectivity index (χ4n) is 6.14. The number of alkyl halides is 1. The number of ether oxygens (including phenoxy) is 1. The Hall–Kier alpha value is -3.99. The molecule has 37 heavy (non-hydrogen) atoms. The van der Waals surface area contributed by atoms with Crippen LogP contribution in [0.25, 0.3) is 0 Å². The van der Waals surface area contributed by atoms with E-state index in [0.29, 0.717) is 22.4 Å². The first-order valence-corrected chi connectivity index (χ1v) is 12.0. The Kier molecular flexibility index (Phi) is 4.66. The maximum Gasteiger partial charge on any atom is 0.278 e. The van der Waals surface area contributed by atoms with Gasteiger partial charge in [0.15, 0.2) is 23.1 Å². The SMILES string of the molecule is O=C1c2c(O)c(=O)ccn2N(C2c3ccc(F)c(F)c3CN3CC(F)c4cccc2c43)C2COCCN12. The van der Waals surface area contributed by atoms with Crippen molar-refractivity contribution in [3.8, 4) is 5.75 Å². The number of benzene rings is 2. The second-order valence-electron chi connectivity index (χ2n) is 9.62. The topological polar surface area (TPSA) is 78.2 Å². The molecule has 0 saturated carbocycles. The number of anilines is 1. The van der Waals surface area contributed by atoms with Crippen LogP contribution >= 0.6 is 0 Å². The number of aromatic nitrogens is 1.